The minimum absolute atomic E-state index is 0.00894. The Labute approximate surface area is 107 Å². The zero-order chi connectivity index (χ0) is 13.1. The Bertz CT molecular complexity index is 435. The first kappa shape index (κ1) is 13.0. The van der Waals surface area contributed by atoms with Crippen molar-refractivity contribution in [2.75, 3.05) is 13.2 Å². The Morgan fingerprint density at radius 2 is 2.44 bits per heavy atom. The number of aromatic nitrogens is 1. The van der Waals surface area contributed by atoms with Crippen LogP contribution in [0.5, 0.6) is 0 Å². The van der Waals surface area contributed by atoms with Crippen molar-refractivity contribution in [2.45, 2.75) is 25.9 Å². The maximum Gasteiger partial charge on any atom is 0.141 e. The zero-order valence-electron chi connectivity index (χ0n) is 10.6. The summed E-state index contributed by atoms with van der Waals surface area (Å²) in [6, 6.07) is 4.02. The van der Waals surface area contributed by atoms with E-state index in [-0.39, 0.29) is 18.5 Å². The van der Waals surface area contributed by atoms with Crippen LogP contribution in [-0.2, 0) is 6.54 Å². The quantitative estimate of drug-likeness (QED) is 0.537. The second kappa shape index (κ2) is 5.46. The van der Waals surface area contributed by atoms with Crippen LogP contribution in [0, 0.1) is 11.3 Å². The minimum atomic E-state index is -0.00894. The Kier molecular flexibility index (Phi) is 3.93. The lowest BCUT2D eigenvalue weighted by molar-refractivity contribution is 0.134. The van der Waals surface area contributed by atoms with Gasteiger partial charge in [-0.05, 0) is 36.6 Å². The van der Waals surface area contributed by atoms with Crippen LogP contribution in [0.2, 0.25) is 0 Å². The van der Waals surface area contributed by atoms with Crippen LogP contribution >= 0.6 is 0 Å². The molecule has 18 heavy (non-hydrogen) atoms. The second-order valence-electron chi connectivity index (χ2n) is 4.95. The molecule has 1 aromatic heterocycles. The van der Waals surface area contributed by atoms with Crippen molar-refractivity contribution >= 4 is 5.84 Å². The summed E-state index contributed by atoms with van der Waals surface area (Å²) in [6.45, 7) is 4.16. The van der Waals surface area contributed by atoms with Gasteiger partial charge >= 0.3 is 0 Å². The topological polar surface area (TPSA) is 86.2 Å². The van der Waals surface area contributed by atoms with E-state index in [0.717, 1.165) is 25.1 Å². The first-order valence-corrected chi connectivity index (χ1v) is 6.26. The first-order valence-electron chi connectivity index (χ1n) is 6.26. The van der Waals surface area contributed by atoms with Gasteiger partial charge < -0.3 is 10.8 Å². The molecule has 5 heteroatoms. The van der Waals surface area contributed by atoms with E-state index in [2.05, 4.69) is 16.8 Å². The van der Waals surface area contributed by atoms with Crippen LogP contribution in [-0.4, -0.2) is 40.0 Å². The first-order chi connectivity index (χ1) is 8.61. The summed E-state index contributed by atoms with van der Waals surface area (Å²) in [5.41, 5.74) is 7.03. The van der Waals surface area contributed by atoms with Gasteiger partial charge in [-0.1, -0.05) is 6.92 Å². The summed E-state index contributed by atoms with van der Waals surface area (Å²) in [7, 11) is 0. The number of nitrogen functional groups attached to an aromatic ring is 1. The number of likely N-dealkylation sites (tertiary alicyclic amines) is 1. The molecule has 0 saturated carbocycles. The fourth-order valence-electron chi connectivity index (χ4n) is 2.53. The predicted molar refractivity (Wildman–Crippen MR) is 70.3 cm³/mol. The number of aliphatic hydroxyl groups excluding tert-OH is 1. The van der Waals surface area contributed by atoms with Crippen LogP contribution in [0.4, 0.5) is 0 Å². The highest BCUT2D eigenvalue weighted by Gasteiger charge is 2.30. The van der Waals surface area contributed by atoms with Gasteiger partial charge in [0, 0.05) is 18.8 Å². The lowest BCUT2D eigenvalue weighted by Crippen LogP contribution is -2.34. The fraction of sp³-hybridized carbons (Fsp3) is 0.538. The molecule has 1 fully saturated rings. The van der Waals surface area contributed by atoms with Crippen molar-refractivity contribution in [2.24, 2.45) is 11.7 Å². The molecular formula is C13H20N4O. The molecule has 2 atom stereocenters. The Balaban J connectivity index is 2.09. The summed E-state index contributed by atoms with van der Waals surface area (Å²) < 4.78 is 0. The normalized spacial score (nSPS) is 24.3. The number of nitrogens with one attached hydrogen (secondary N) is 1. The Morgan fingerprint density at radius 1 is 1.67 bits per heavy atom. The van der Waals surface area contributed by atoms with Crippen molar-refractivity contribution in [3.05, 3.63) is 29.6 Å². The van der Waals surface area contributed by atoms with Crippen LogP contribution in [0.25, 0.3) is 0 Å². The maximum absolute atomic E-state index is 9.42. The van der Waals surface area contributed by atoms with E-state index < -0.39 is 0 Å². The van der Waals surface area contributed by atoms with Gasteiger partial charge in [0.15, 0.2) is 0 Å². The average molecular weight is 248 g/mol. The van der Waals surface area contributed by atoms with Gasteiger partial charge in [0.05, 0.1) is 6.61 Å². The molecule has 98 valence electrons. The van der Waals surface area contributed by atoms with Crippen LogP contribution in [0.3, 0.4) is 0 Å². The van der Waals surface area contributed by atoms with E-state index in [1.165, 1.54) is 0 Å². The predicted octanol–water partition coefficient (Wildman–Crippen LogP) is 0.568. The third-order valence-electron chi connectivity index (χ3n) is 3.67. The van der Waals surface area contributed by atoms with E-state index in [0.29, 0.717) is 11.6 Å². The highest BCUT2D eigenvalue weighted by molar-refractivity contribution is 5.93. The van der Waals surface area contributed by atoms with E-state index >= 15 is 0 Å². The zero-order valence-corrected chi connectivity index (χ0v) is 10.6. The van der Waals surface area contributed by atoms with Crippen molar-refractivity contribution < 1.29 is 5.11 Å². The monoisotopic (exact) mass is 248 g/mol. The molecule has 1 aliphatic heterocycles. The smallest absolute Gasteiger partial charge is 0.141 e. The number of amidine groups is 1. The molecular weight excluding hydrogens is 228 g/mol. The summed E-state index contributed by atoms with van der Waals surface area (Å²) >= 11 is 0. The van der Waals surface area contributed by atoms with E-state index in [1.54, 1.807) is 6.20 Å². The molecule has 0 bridgehead atoms. The van der Waals surface area contributed by atoms with Crippen molar-refractivity contribution in [1.82, 2.24) is 9.88 Å². The number of hydrogen-bond donors (Lipinski definition) is 3. The van der Waals surface area contributed by atoms with Gasteiger partial charge in [-0.25, -0.2) is 0 Å². The summed E-state index contributed by atoms with van der Waals surface area (Å²) in [5, 5.41) is 16.8. The molecule has 4 N–H and O–H groups in total. The SMILES string of the molecule is CC1CCN(Cc2ccnc(C(=N)N)c2)C1CO. The van der Waals surface area contributed by atoms with E-state index in [1.807, 2.05) is 12.1 Å². The average Bonchev–Trinajstić information content (AvgIpc) is 2.70. The molecule has 2 rings (SSSR count). The Hall–Kier alpha value is -1.46. The molecule has 0 amide bonds. The summed E-state index contributed by atoms with van der Waals surface area (Å²) in [4.78, 5) is 6.33. The highest BCUT2D eigenvalue weighted by Crippen LogP contribution is 2.25. The standard InChI is InChI=1S/C13H20N4O/c1-9-3-5-17(12(9)8-18)7-10-2-4-16-11(6-10)13(14)15/h2,4,6,9,12,18H,3,5,7-8H2,1H3,(H3,14,15). The van der Waals surface area contributed by atoms with Crippen molar-refractivity contribution in [3.63, 3.8) is 0 Å². The second-order valence-corrected chi connectivity index (χ2v) is 4.95. The van der Waals surface area contributed by atoms with Gasteiger partial charge in [0.2, 0.25) is 0 Å². The van der Waals surface area contributed by atoms with Crippen LogP contribution < -0.4 is 5.73 Å². The van der Waals surface area contributed by atoms with Gasteiger partial charge in [-0.15, -0.1) is 0 Å². The molecule has 1 aliphatic rings. The van der Waals surface area contributed by atoms with Gasteiger partial charge in [0.25, 0.3) is 0 Å². The molecule has 2 unspecified atom stereocenters. The number of nitrogens with two attached hydrogens (primary N) is 1. The summed E-state index contributed by atoms with van der Waals surface area (Å²) in [6.07, 6.45) is 2.80. The van der Waals surface area contributed by atoms with Gasteiger partial charge in [-0.2, -0.15) is 0 Å². The van der Waals surface area contributed by atoms with Crippen LogP contribution in [0.1, 0.15) is 24.6 Å². The minimum Gasteiger partial charge on any atom is -0.395 e. The van der Waals surface area contributed by atoms with Gasteiger partial charge in [-0.3, -0.25) is 15.3 Å². The lowest BCUT2D eigenvalue weighted by atomic mass is 10.0. The lowest BCUT2D eigenvalue weighted by Gasteiger charge is -2.25. The molecule has 1 saturated heterocycles. The number of hydrogen-bond acceptors (Lipinski definition) is 4. The third kappa shape index (κ3) is 2.68. The number of pyridine rings is 1. The summed E-state index contributed by atoms with van der Waals surface area (Å²) in [5.74, 6) is 0.523. The number of nitrogens with zero attached hydrogens (tertiary/aromatic N) is 2. The fourth-order valence-corrected chi connectivity index (χ4v) is 2.53. The molecule has 2 heterocycles. The van der Waals surface area contributed by atoms with Crippen molar-refractivity contribution in [1.29, 1.82) is 5.41 Å². The highest BCUT2D eigenvalue weighted by atomic mass is 16.3. The molecule has 0 spiro atoms. The van der Waals surface area contributed by atoms with Crippen molar-refractivity contribution in [3.8, 4) is 0 Å². The molecule has 5 nitrogen and oxygen atoms in total. The van der Waals surface area contributed by atoms with E-state index in [9.17, 15) is 5.11 Å². The molecule has 0 aromatic carbocycles. The molecule has 0 aliphatic carbocycles. The maximum atomic E-state index is 9.42. The third-order valence-corrected chi connectivity index (χ3v) is 3.67. The Morgan fingerprint density at radius 3 is 3.11 bits per heavy atom. The van der Waals surface area contributed by atoms with Crippen LogP contribution in [0.15, 0.2) is 18.3 Å². The number of rotatable bonds is 4. The largest absolute Gasteiger partial charge is 0.395 e. The van der Waals surface area contributed by atoms with Gasteiger partial charge in [0.1, 0.15) is 11.5 Å². The molecule has 0 radical (unpaired) electrons. The molecule has 1 aromatic rings. The number of aliphatic hydroxyl groups is 1. The van der Waals surface area contributed by atoms with E-state index in [4.69, 9.17) is 11.1 Å².